The Bertz CT molecular complexity index is 565. The molecule has 2 heteroatoms. The molecule has 1 aliphatic heterocycles. The third-order valence-electron chi connectivity index (χ3n) is 4.19. The highest BCUT2D eigenvalue weighted by Gasteiger charge is 2.34. The molecule has 23 heavy (non-hydrogen) atoms. The summed E-state index contributed by atoms with van der Waals surface area (Å²) < 4.78 is 12.1. The Balaban J connectivity index is 1.63. The minimum atomic E-state index is -0.400. The summed E-state index contributed by atoms with van der Waals surface area (Å²) in [7, 11) is 0. The van der Waals surface area contributed by atoms with Crippen molar-refractivity contribution in [1.29, 1.82) is 0 Å². The molecule has 2 nitrogen and oxygen atoms in total. The van der Waals surface area contributed by atoms with E-state index in [1.54, 1.807) is 0 Å². The van der Waals surface area contributed by atoms with Crippen molar-refractivity contribution >= 4 is 0 Å². The fraction of sp³-hybridized carbons (Fsp3) is 0.429. The highest BCUT2D eigenvalue weighted by molar-refractivity contribution is 5.34. The van der Waals surface area contributed by atoms with Gasteiger partial charge in [-0.2, -0.15) is 0 Å². The number of rotatable bonds is 0. The first kappa shape index (κ1) is 16.1. The van der Waals surface area contributed by atoms with E-state index in [0.717, 1.165) is 44.1 Å². The molecule has 3 atom stereocenters. The summed E-state index contributed by atoms with van der Waals surface area (Å²) in [5.74, 6) is 6.26. The van der Waals surface area contributed by atoms with Crippen LogP contribution in [-0.2, 0) is 9.47 Å². The lowest BCUT2D eigenvalue weighted by Gasteiger charge is -2.15. The summed E-state index contributed by atoms with van der Waals surface area (Å²) in [5.41, 5.74) is 0.997. The third-order valence-corrected chi connectivity index (χ3v) is 4.19. The van der Waals surface area contributed by atoms with E-state index < -0.39 is 6.29 Å². The molecule has 1 fully saturated rings. The minimum Gasteiger partial charge on any atom is -0.336 e. The van der Waals surface area contributed by atoms with E-state index >= 15 is 0 Å². The van der Waals surface area contributed by atoms with Crippen LogP contribution in [0.25, 0.3) is 0 Å². The van der Waals surface area contributed by atoms with E-state index in [0.29, 0.717) is 0 Å². The van der Waals surface area contributed by atoms with E-state index in [-0.39, 0.29) is 12.2 Å². The van der Waals surface area contributed by atoms with E-state index in [9.17, 15) is 0 Å². The molecule has 0 bridgehead atoms. The van der Waals surface area contributed by atoms with Gasteiger partial charge in [0.15, 0.2) is 0 Å². The van der Waals surface area contributed by atoms with Crippen molar-refractivity contribution in [3.63, 3.8) is 0 Å². The van der Waals surface area contributed by atoms with Crippen LogP contribution in [0.5, 0.6) is 0 Å². The van der Waals surface area contributed by atoms with Gasteiger partial charge in [0, 0.05) is 5.56 Å². The largest absolute Gasteiger partial charge is 0.336 e. The lowest BCUT2D eigenvalue weighted by atomic mass is 10.0. The Labute approximate surface area is 139 Å². The molecule has 1 aromatic rings. The van der Waals surface area contributed by atoms with Crippen LogP contribution in [-0.4, -0.2) is 18.5 Å². The van der Waals surface area contributed by atoms with Crippen LogP contribution in [0.3, 0.4) is 0 Å². The minimum absolute atomic E-state index is 0.155. The SMILES string of the molecule is C(#CC1O[C@H]2CC/C=C/CC/C=C\CC[C@H]2O1)c1ccccc1. The van der Waals surface area contributed by atoms with E-state index in [1.807, 2.05) is 30.3 Å². The number of hydrogen-bond acceptors (Lipinski definition) is 2. The predicted molar refractivity (Wildman–Crippen MR) is 92.8 cm³/mol. The van der Waals surface area contributed by atoms with Crippen LogP contribution >= 0.6 is 0 Å². The molecule has 0 spiro atoms. The summed E-state index contributed by atoms with van der Waals surface area (Å²) in [4.78, 5) is 0. The van der Waals surface area contributed by atoms with Gasteiger partial charge in [-0.3, -0.25) is 0 Å². The van der Waals surface area contributed by atoms with Gasteiger partial charge >= 0.3 is 0 Å². The van der Waals surface area contributed by atoms with Gasteiger partial charge in [0.2, 0.25) is 6.29 Å². The molecule has 1 aliphatic carbocycles. The van der Waals surface area contributed by atoms with Crippen molar-refractivity contribution in [2.45, 2.75) is 57.0 Å². The summed E-state index contributed by atoms with van der Waals surface area (Å²) in [6.07, 6.45) is 15.3. The number of fused-ring (bicyclic) bond motifs is 1. The van der Waals surface area contributed by atoms with Crippen molar-refractivity contribution in [2.75, 3.05) is 0 Å². The molecule has 0 saturated carbocycles. The van der Waals surface area contributed by atoms with Crippen molar-refractivity contribution in [1.82, 2.24) is 0 Å². The van der Waals surface area contributed by atoms with Gasteiger partial charge in [0.1, 0.15) is 0 Å². The molecule has 2 aliphatic rings. The van der Waals surface area contributed by atoms with Gasteiger partial charge in [-0.1, -0.05) is 48.4 Å². The van der Waals surface area contributed by atoms with Gasteiger partial charge in [0.05, 0.1) is 12.2 Å². The molecule has 120 valence electrons. The van der Waals surface area contributed by atoms with Crippen LogP contribution in [0.15, 0.2) is 54.6 Å². The first-order valence-corrected chi connectivity index (χ1v) is 8.59. The van der Waals surface area contributed by atoms with Gasteiger partial charge in [-0.25, -0.2) is 0 Å². The van der Waals surface area contributed by atoms with Crippen molar-refractivity contribution in [2.24, 2.45) is 0 Å². The van der Waals surface area contributed by atoms with Gasteiger partial charge in [-0.15, -0.1) is 0 Å². The molecule has 1 saturated heterocycles. The monoisotopic (exact) mass is 308 g/mol. The second-order valence-corrected chi connectivity index (χ2v) is 5.99. The summed E-state index contributed by atoms with van der Waals surface area (Å²) >= 11 is 0. The first-order valence-electron chi connectivity index (χ1n) is 8.59. The van der Waals surface area contributed by atoms with Crippen LogP contribution < -0.4 is 0 Å². The third kappa shape index (κ3) is 5.10. The quantitative estimate of drug-likeness (QED) is 0.514. The highest BCUT2D eigenvalue weighted by Crippen LogP contribution is 2.26. The van der Waals surface area contributed by atoms with Crippen LogP contribution in [0.2, 0.25) is 0 Å². The van der Waals surface area contributed by atoms with Gasteiger partial charge in [-0.05, 0) is 56.6 Å². The zero-order chi connectivity index (χ0) is 15.7. The molecule has 1 unspecified atom stereocenters. The Morgan fingerprint density at radius 3 is 1.91 bits per heavy atom. The Morgan fingerprint density at radius 2 is 1.30 bits per heavy atom. The maximum atomic E-state index is 6.04. The van der Waals surface area contributed by atoms with E-state index in [1.165, 1.54) is 0 Å². The molecular weight excluding hydrogens is 284 g/mol. The molecular formula is C21H24O2. The zero-order valence-electron chi connectivity index (χ0n) is 13.5. The fourth-order valence-electron chi connectivity index (χ4n) is 2.95. The Kier molecular flexibility index (Phi) is 6.09. The zero-order valence-corrected chi connectivity index (χ0v) is 13.5. The summed E-state index contributed by atoms with van der Waals surface area (Å²) in [5, 5.41) is 0. The fourth-order valence-corrected chi connectivity index (χ4v) is 2.95. The lowest BCUT2D eigenvalue weighted by molar-refractivity contribution is -0.0221. The van der Waals surface area contributed by atoms with Crippen molar-refractivity contribution < 1.29 is 9.47 Å². The molecule has 0 aromatic heterocycles. The average Bonchev–Trinajstić information content (AvgIpc) is 2.96. The number of benzene rings is 1. The second-order valence-electron chi connectivity index (χ2n) is 5.99. The maximum absolute atomic E-state index is 6.04. The van der Waals surface area contributed by atoms with Gasteiger partial charge < -0.3 is 9.47 Å². The highest BCUT2D eigenvalue weighted by atomic mass is 16.7. The number of hydrogen-bond donors (Lipinski definition) is 0. The topological polar surface area (TPSA) is 18.5 Å². The molecule has 0 N–H and O–H groups in total. The van der Waals surface area contributed by atoms with Crippen LogP contribution in [0, 0.1) is 11.8 Å². The van der Waals surface area contributed by atoms with Crippen LogP contribution in [0.4, 0.5) is 0 Å². The standard InChI is InChI=1S/C21H24O2/c1-2-4-6-11-15-20-19(14-10-5-3-1)22-21(23-20)17-16-18-12-8-7-9-13-18/h3-9,12-13,19-21H,1-2,10-11,14-15H2/b5-3-,6-4+/t19-,20+,21?/m1/s1. The number of ether oxygens (including phenoxy) is 2. The molecule has 0 amide bonds. The number of allylic oxidation sites excluding steroid dienone is 4. The molecule has 1 aromatic carbocycles. The summed E-state index contributed by atoms with van der Waals surface area (Å²) in [6.45, 7) is 0. The normalized spacial score (nSPS) is 30.9. The molecule has 0 radical (unpaired) electrons. The van der Waals surface area contributed by atoms with Crippen molar-refractivity contribution in [3.8, 4) is 11.8 Å². The predicted octanol–water partition coefficient (Wildman–Crippen LogP) is 4.61. The van der Waals surface area contributed by atoms with E-state index in [4.69, 9.17) is 9.47 Å². The molecule has 1 heterocycles. The smallest absolute Gasteiger partial charge is 0.223 e. The lowest BCUT2D eigenvalue weighted by Crippen LogP contribution is -2.22. The van der Waals surface area contributed by atoms with E-state index in [2.05, 4.69) is 36.1 Å². The maximum Gasteiger partial charge on any atom is 0.223 e. The second kappa shape index (κ2) is 8.72. The molecule has 3 rings (SSSR count). The first-order chi connectivity index (χ1) is 11.4. The summed E-state index contributed by atoms with van der Waals surface area (Å²) in [6, 6.07) is 9.98. The Morgan fingerprint density at radius 1 is 0.739 bits per heavy atom. The van der Waals surface area contributed by atoms with Crippen molar-refractivity contribution in [3.05, 3.63) is 60.2 Å². The van der Waals surface area contributed by atoms with Gasteiger partial charge in [0.25, 0.3) is 0 Å². The van der Waals surface area contributed by atoms with Crippen LogP contribution in [0.1, 0.15) is 44.1 Å². The average molecular weight is 308 g/mol. The Hall–Kier alpha value is -1.82.